The Morgan fingerprint density at radius 3 is 2.07 bits per heavy atom. The van der Waals surface area contributed by atoms with Gasteiger partial charge in [-0.05, 0) is 73.0 Å². The molecule has 0 radical (unpaired) electrons. The first kappa shape index (κ1) is 32.7. The number of ether oxygens (including phenoxy) is 1. The molecule has 12 heteroatoms. The number of amides is 5. The minimum Gasteiger partial charge on any atom is -0.464 e. The van der Waals surface area contributed by atoms with Crippen LogP contribution in [-0.4, -0.2) is 77.2 Å². The number of likely N-dealkylation sites (tertiary alicyclic amines) is 1. The Bertz CT molecular complexity index is 1170. The standard InChI is InChI=1S/C31H49N5O7/c1-8-31(9-2,27(41)43-15-16-10-11-16)35-28(42)34-23(29(3,4)5)26(40)36-14-18-19(30(18,6)7)21(36)25(39)33-20(17-12-13-17)22(37)24(32)38/h16-21,23H,8-15H2,1-7H3,(H2,32,38)(H,33,39)(H2,34,35,42)/t18-,19-,20?,21-,23+/m0/s1. The number of hydrogen-bond acceptors (Lipinski definition) is 7. The first-order chi connectivity index (χ1) is 20.0. The van der Waals surface area contributed by atoms with Crippen LogP contribution in [-0.2, 0) is 28.7 Å². The van der Waals surface area contributed by atoms with Gasteiger partial charge in [-0.25, -0.2) is 9.59 Å². The third-order valence-electron chi connectivity index (χ3n) is 10.2. The van der Waals surface area contributed by atoms with Crippen molar-refractivity contribution in [2.24, 2.45) is 40.2 Å². The van der Waals surface area contributed by atoms with Crippen molar-refractivity contribution in [1.29, 1.82) is 0 Å². The molecule has 4 aliphatic rings. The first-order valence-electron chi connectivity index (χ1n) is 15.7. The van der Waals surface area contributed by atoms with Crippen LogP contribution in [0.25, 0.3) is 0 Å². The van der Waals surface area contributed by atoms with Crippen LogP contribution in [0, 0.1) is 34.5 Å². The van der Waals surface area contributed by atoms with Crippen molar-refractivity contribution < 1.29 is 33.5 Å². The molecule has 240 valence electrons. The summed E-state index contributed by atoms with van der Waals surface area (Å²) >= 11 is 0. The van der Waals surface area contributed by atoms with Crippen molar-refractivity contribution >= 4 is 35.5 Å². The molecule has 4 fully saturated rings. The molecule has 43 heavy (non-hydrogen) atoms. The second kappa shape index (κ2) is 11.7. The number of carbonyl (C=O) groups is 6. The van der Waals surface area contributed by atoms with E-state index >= 15 is 0 Å². The summed E-state index contributed by atoms with van der Waals surface area (Å²) in [5, 5.41) is 8.35. The predicted octanol–water partition coefficient (Wildman–Crippen LogP) is 1.64. The van der Waals surface area contributed by atoms with E-state index in [0.717, 1.165) is 12.8 Å². The van der Waals surface area contributed by atoms with Crippen LogP contribution in [0.1, 0.15) is 87.0 Å². The quantitative estimate of drug-likeness (QED) is 0.183. The minimum absolute atomic E-state index is 0.0712. The fraction of sp³-hybridized carbons (Fsp3) is 0.806. The Morgan fingerprint density at radius 1 is 0.977 bits per heavy atom. The van der Waals surface area contributed by atoms with Gasteiger partial charge in [-0.3, -0.25) is 19.2 Å². The largest absolute Gasteiger partial charge is 0.464 e. The van der Waals surface area contributed by atoms with Gasteiger partial charge in [0, 0.05) is 6.54 Å². The van der Waals surface area contributed by atoms with E-state index in [1.165, 1.54) is 4.90 Å². The highest BCUT2D eigenvalue weighted by Crippen LogP contribution is 2.65. The summed E-state index contributed by atoms with van der Waals surface area (Å²) in [6.07, 6.45) is 4.08. The van der Waals surface area contributed by atoms with Gasteiger partial charge in [-0.2, -0.15) is 0 Å². The maximum atomic E-state index is 14.2. The molecule has 1 heterocycles. The number of ketones is 1. The average Bonchev–Trinajstić information content (AvgIpc) is 3.88. The van der Waals surface area contributed by atoms with Crippen LogP contribution in [0.15, 0.2) is 0 Å². The van der Waals surface area contributed by atoms with E-state index < -0.39 is 64.6 Å². The number of nitrogens with two attached hydrogens (primary N) is 1. The first-order valence-corrected chi connectivity index (χ1v) is 15.7. The fourth-order valence-electron chi connectivity index (χ4n) is 6.61. The Kier molecular flexibility index (Phi) is 8.92. The number of primary amides is 1. The van der Waals surface area contributed by atoms with Crippen LogP contribution in [0.5, 0.6) is 0 Å². The minimum atomic E-state index is -1.24. The van der Waals surface area contributed by atoms with Gasteiger partial charge in [0.25, 0.3) is 5.91 Å². The number of Topliss-reactive ketones (excluding diaryl/α,β-unsaturated/α-hetero) is 1. The van der Waals surface area contributed by atoms with Gasteiger partial charge < -0.3 is 31.3 Å². The van der Waals surface area contributed by atoms with Crippen LogP contribution >= 0.6 is 0 Å². The summed E-state index contributed by atoms with van der Waals surface area (Å²) in [4.78, 5) is 80.0. The zero-order chi connectivity index (χ0) is 32.1. The van der Waals surface area contributed by atoms with E-state index in [0.29, 0.717) is 44.8 Å². The lowest BCUT2D eigenvalue weighted by molar-refractivity contribution is -0.152. The molecule has 0 aromatic carbocycles. The molecule has 1 aliphatic heterocycles. The van der Waals surface area contributed by atoms with Gasteiger partial charge in [0.1, 0.15) is 23.7 Å². The lowest BCUT2D eigenvalue weighted by Crippen LogP contribution is -2.64. The molecule has 12 nitrogen and oxygen atoms in total. The second-order valence-electron chi connectivity index (χ2n) is 14.7. The lowest BCUT2D eigenvalue weighted by Gasteiger charge is -2.38. The summed E-state index contributed by atoms with van der Waals surface area (Å²) in [5.74, 6) is -3.20. The van der Waals surface area contributed by atoms with Crippen molar-refractivity contribution in [2.75, 3.05) is 13.2 Å². The summed E-state index contributed by atoms with van der Waals surface area (Å²) < 4.78 is 5.52. The number of hydrogen-bond donors (Lipinski definition) is 4. The average molecular weight is 604 g/mol. The normalized spacial score (nSPS) is 25.6. The number of esters is 1. The lowest BCUT2D eigenvalue weighted by atomic mass is 9.85. The zero-order valence-electron chi connectivity index (χ0n) is 26.6. The topological polar surface area (TPSA) is 177 Å². The SMILES string of the molecule is CCC(CC)(NC(=O)N[C@H](C(=O)N1C[C@H]2[C@@H]([C@H]1C(=O)NC(C(=O)C(N)=O)C1CC1)C2(C)C)C(C)(C)C)C(=O)OCC1CC1. The molecular formula is C31H49N5O7. The molecular weight excluding hydrogens is 554 g/mol. The molecule has 0 bridgehead atoms. The van der Waals surface area contributed by atoms with Crippen LogP contribution < -0.4 is 21.7 Å². The van der Waals surface area contributed by atoms with Gasteiger partial charge in [0.15, 0.2) is 0 Å². The molecule has 3 aliphatic carbocycles. The number of nitrogens with one attached hydrogen (secondary N) is 3. The van der Waals surface area contributed by atoms with Gasteiger partial charge >= 0.3 is 12.0 Å². The van der Waals surface area contributed by atoms with Crippen molar-refractivity contribution in [3.05, 3.63) is 0 Å². The van der Waals surface area contributed by atoms with E-state index in [4.69, 9.17) is 10.5 Å². The van der Waals surface area contributed by atoms with E-state index in [2.05, 4.69) is 16.0 Å². The molecule has 0 aromatic heterocycles. The molecule has 1 saturated heterocycles. The smallest absolute Gasteiger partial charge is 0.331 e. The van der Waals surface area contributed by atoms with E-state index in [9.17, 15) is 28.8 Å². The maximum absolute atomic E-state index is 14.2. The van der Waals surface area contributed by atoms with Crippen molar-refractivity contribution in [1.82, 2.24) is 20.9 Å². The highest BCUT2D eigenvalue weighted by atomic mass is 16.5. The molecule has 3 saturated carbocycles. The van der Waals surface area contributed by atoms with Gasteiger partial charge in [0.05, 0.1) is 6.61 Å². The van der Waals surface area contributed by atoms with Crippen LogP contribution in [0.4, 0.5) is 4.79 Å². The van der Waals surface area contributed by atoms with Crippen molar-refractivity contribution in [3.8, 4) is 0 Å². The Morgan fingerprint density at radius 2 is 1.58 bits per heavy atom. The maximum Gasteiger partial charge on any atom is 0.331 e. The third-order valence-corrected chi connectivity index (χ3v) is 10.2. The van der Waals surface area contributed by atoms with Gasteiger partial charge in [-0.15, -0.1) is 0 Å². The highest BCUT2D eigenvalue weighted by molar-refractivity contribution is 6.38. The molecule has 0 aromatic rings. The van der Waals surface area contributed by atoms with Crippen LogP contribution in [0.3, 0.4) is 0 Å². The summed E-state index contributed by atoms with van der Waals surface area (Å²) in [6, 6.07) is -3.58. The molecule has 0 spiro atoms. The second-order valence-corrected chi connectivity index (χ2v) is 14.7. The number of carbonyl (C=O) groups excluding carboxylic acids is 6. The molecule has 1 unspecified atom stereocenters. The van der Waals surface area contributed by atoms with Gasteiger partial charge in [-0.1, -0.05) is 48.5 Å². The fourth-order valence-corrected chi connectivity index (χ4v) is 6.61. The number of urea groups is 1. The van der Waals surface area contributed by atoms with E-state index in [-0.39, 0.29) is 23.2 Å². The summed E-state index contributed by atoms with van der Waals surface area (Å²) in [6.45, 7) is 13.8. The highest BCUT2D eigenvalue weighted by Gasteiger charge is 2.70. The van der Waals surface area contributed by atoms with E-state index in [1.807, 2.05) is 34.6 Å². The van der Waals surface area contributed by atoms with Crippen molar-refractivity contribution in [3.63, 3.8) is 0 Å². The molecule has 5 atom stereocenters. The Balaban J connectivity index is 1.51. The molecule has 5 amide bonds. The Labute approximate surface area is 253 Å². The number of fused-ring (bicyclic) bond motifs is 1. The van der Waals surface area contributed by atoms with E-state index in [1.54, 1.807) is 13.8 Å². The predicted molar refractivity (Wildman–Crippen MR) is 157 cm³/mol. The number of nitrogens with zero attached hydrogens (tertiary/aromatic N) is 1. The summed E-state index contributed by atoms with van der Waals surface area (Å²) in [7, 11) is 0. The zero-order valence-corrected chi connectivity index (χ0v) is 26.6. The number of piperidine rings is 1. The van der Waals surface area contributed by atoms with Crippen molar-refractivity contribution in [2.45, 2.75) is 111 Å². The number of rotatable bonds is 13. The van der Waals surface area contributed by atoms with Crippen LogP contribution in [0.2, 0.25) is 0 Å². The summed E-state index contributed by atoms with van der Waals surface area (Å²) in [5.41, 5.74) is 3.08. The monoisotopic (exact) mass is 603 g/mol. The molecule has 5 N–H and O–H groups in total. The third kappa shape index (κ3) is 6.67. The van der Waals surface area contributed by atoms with Gasteiger partial charge in [0.2, 0.25) is 17.6 Å². The molecule has 4 rings (SSSR count). The Hall–Kier alpha value is -3.18.